The van der Waals surface area contributed by atoms with Crippen molar-refractivity contribution in [3.63, 3.8) is 0 Å². The summed E-state index contributed by atoms with van der Waals surface area (Å²) in [6, 6.07) is 20.0. The van der Waals surface area contributed by atoms with Gasteiger partial charge in [-0.3, -0.25) is 0 Å². The predicted molar refractivity (Wildman–Crippen MR) is 133 cm³/mol. The van der Waals surface area contributed by atoms with E-state index in [-0.39, 0.29) is 10.6 Å². The molecule has 0 spiro atoms. The number of benzene rings is 3. The number of carboxylic acid groups (broad SMARTS) is 1. The standard InChI is InChI=1S/C26H27AsN2O4/c1-16-5-14-23(17(2)15-16)28-26(33)27-22-12-10-20(11-13-22)19-6-8-21(9-7-19)24(30)29(4)18(3)25(31)32/h5-15,18,27H,1-4H3,(H,28,33)(H,31,32)/t18-/m0/s1. The van der Waals surface area contributed by atoms with Gasteiger partial charge in [-0.1, -0.05) is 0 Å². The SMILES string of the molecule is Cc1ccc(NC(=O)[AsH]c2ccc(-c3ccc(C(=O)N(C)[C@@H](C)C(=O)O)cc3)cc2)c(C)c1. The van der Waals surface area contributed by atoms with Crippen LogP contribution in [0, 0.1) is 13.8 Å². The Balaban J connectivity index is 1.64. The first-order valence-corrected chi connectivity index (χ1v) is 12.6. The predicted octanol–water partition coefficient (Wildman–Crippen LogP) is 3.81. The van der Waals surface area contributed by atoms with Gasteiger partial charge in [-0.25, -0.2) is 4.79 Å². The number of hydrogen-bond acceptors (Lipinski definition) is 3. The summed E-state index contributed by atoms with van der Waals surface area (Å²) in [4.78, 5) is 37.3. The van der Waals surface area contributed by atoms with Crippen LogP contribution in [0.25, 0.3) is 11.1 Å². The number of nitrogens with one attached hydrogen (secondary N) is 1. The van der Waals surface area contributed by atoms with Crippen LogP contribution < -0.4 is 9.67 Å². The Labute approximate surface area is 200 Å². The van der Waals surface area contributed by atoms with Gasteiger partial charge in [-0.05, 0) is 0 Å². The van der Waals surface area contributed by atoms with Crippen LogP contribution in [0.4, 0.5) is 10.5 Å². The molecule has 7 heteroatoms. The molecule has 0 aromatic heterocycles. The van der Waals surface area contributed by atoms with Crippen molar-refractivity contribution in [2.75, 3.05) is 12.4 Å². The number of anilines is 1. The van der Waals surface area contributed by atoms with Gasteiger partial charge in [0.2, 0.25) is 0 Å². The maximum atomic E-state index is 12.5. The first kappa shape index (κ1) is 24.3. The number of rotatable bonds is 7. The van der Waals surface area contributed by atoms with Crippen LogP contribution in [0.2, 0.25) is 0 Å². The van der Waals surface area contributed by atoms with E-state index in [0.29, 0.717) is 5.56 Å². The number of carboxylic acids is 1. The van der Waals surface area contributed by atoms with Crippen molar-refractivity contribution in [2.24, 2.45) is 0 Å². The molecule has 170 valence electrons. The normalized spacial score (nSPS) is 11.9. The first-order valence-electron chi connectivity index (χ1n) is 10.5. The Morgan fingerprint density at radius 3 is 2.03 bits per heavy atom. The molecule has 0 aliphatic rings. The van der Waals surface area contributed by atoms with E-state index in [0.717, 1.165) is 32.3 Å². The third-order valence-electron chi connectivity index (χ3n) is 5.50. The Morgan fingerprint density at radius 2 is 1.48 bits per heavy atom. The third kappa shape index (κ3) is 6.11. The Morgan fingerprint density at radius 1 is 0.909 bits per heavy atom. The molecule has 2 atom stereocenters. The molecule has 0 aliphatic carbocycles. The summed E-state index contributed by atoms with van der Waals surface area (Å²) in [6.45, 7) is 5.49. The molecule has 3 rings (SSSR count). The van der Waals surface area contributed by atoms with E-state index < -0.39 is 27.8 Å². The van der Waals surface area contributed by atoms with Crippen molar-refractivity contribution < 1.29 is 19.5 Å². The van der Waals surface area contributed by atoms with E-state index in [4.69, 9.17) is 5.11 Å². The number of amides is 2. The molecule has 2 amide bonds. The molecule has 3 aromatic carbocycles. The number of carbonyl (C=O) groups is 3. The zero-order valence-electron chi connectivity index (χ0n) is 19.0. The van der Waals surface area contributed by atoms with Crippen LogP contribution in [-0.4, -0.2) is 55.4 Å². The van der Waals surface area contributed by atoms with Crippen molar-refractivity contribution in [1.29, 1.82) is 0 Å². The molecule has 0 radical (unpaired) electrons. The number of aliphatic carboxylic acids is 1. The number of hydrogen-bond donors (Lipinski definition) is 2. The average Bonchev–Trinajstić information content (AvgIpc) is 2.80. The molecule has 0 saturated carbocycles. The quantitative estimate of drug-likeness (QED) is 0.478. The number of likely N-dealkylation sites (N-methyl/N-ethyl adjacent to an activating group) is 1. The van der Waals surface area contributed by atoms with Crippen LogP contribution in [0.15, 0.2) is 66.7 Å². The van der Waals surface area contributed by atoms with Gasteiger partial charge in [0.1, 0.15) is 0 Å². The summed E-state index contributed by atoms with van der Waals surface area (Å²) in [5.41, 5.74) is 5.41. The van der Waals surface area contributed by atoms with Crippen LogP contribution in [0.1, 0.15) is 28.4 Å². The van der Waals surface area contributed by atoms with E-state index in [1.165, 1.54) is 18.9 Å². The second kappa shape index (κ2) is 10.5. The first-order chi connectivity index (χ1) is 15.7. The monoisotopic (exact) mass is 506 g/mol. The molecule has 0 fully saturated rings. The topological polar surface area (TPSA) is 86.7 Å². The third-order valence-corrected chi connectivity index (χ3v) is 7.54. The van der Waals surface area contributed by atoms with Gasteiger partial charge in [0, 0.05) is 0 Å². The fraction of sp³-hybridized carbons (Fsp3) is 0.192. The van der Waals surface area contributed by atoms with E-state index >= 15 is 0 Å². The van der Waals surface area contributed by atoms with Crippen LogP contribution in [0.3, 0.4) is 0 Å². The molecule has 0 bridgehead atoms. The molecule has 33 heavy (non-hydrogen) atoms. The fourth-order valence-electron chi connectivity index (χ4n) is 3.33. The molecule has 0 heterocycles. The minimum absolute atomic E-state index is 0.0530. The van der Waals surface area contributed by atoms with Crippen LogP contribution in [-0.2, 0) is 4.79 Å². The van der Waals surface area contributed by atoms with Crippen molar-refractivity contribution in [1.82, 2.24) is 4.90 Å². The minimum atomic E-state index is -1.05. The molecule has 1 unspecified atom stereocenters. The molecule has 0 aliphatic heterocycles. The van der Waals surface area contributed by atoms with Crippen molar-refractivity contribution in [3.8, 4) is 11.1 Å². The summed E-state index contributed by atoms with van der Waals surface area (Å²) >= 11 is -1.00. The Hall–Kier alpha value is -3.37. The van der Waals surface area contributed by atoms with Crippen LogP contribution in [0.5, 0.6) is 0 Å². The second-order valence-electron chi connectivity index (χ2n) is 7.98. The summed E-state index contributed by atoms with van der Waals surface area (Å²) in [5.74, 6) is -1.39. The summed E-state index contributed by atoms with van der Waals surface area (Å²) in [6.07, 6.45) is 0. The van der Waals surface area contributed by atoms with Gasteiger partial charge in [-0.15, -0.1) is 0 Å². The summed E-state index contributed by atoms with van der Waals surface area (Å²) < 4.78 is 1.08. The van der Waals surface area contributed by atoms with Crippen molar-refractivity contribution in [3.05, 3.63) is 83.4 Å². The molecule has 2 N–H and O–H groups in total. The Bertz CT molecular complexity index is 1170. The van der Waals surface area contributed by atoms with Crippen molar-refractivity contribution in [2.45, 2.75) is 26.8 Å². The number of aryl methyl sites for hydroxylation is 2. The Kier molecular flexibility index (Phi) is 7.72. The second-order valence-corrected chi connectivity index (χ2v) is 10.7. The summed E-state index contributed by atoms with van der Waals surface area (Å²) in [5, 5.41) is 12.1. The van der Waals surface area contributed by atoms with Gasteiger partial charge >= 0.3 is 191 Å². The zero-order chi connectivity index (χ0) is 24.1. The molecule has 6 nitrogen and oxygen atoms in total. The number of nitrogens with zero attached hydrogens (tertiary/aromatic N) is 1. The molecular formula is C26H27AsN2O4. The summed E-state index contributed by atoms with van der Waals surface area (Å²) in [7, 11) is 1.48. The fourth-order valence-corrected chi connectivity index (χ4v) is 5.00. The maximum absolute atomic E-state index is 12.5. The average molecular weight is 506 g/mol. The zero-order valence-corrected chi connectivity index (χ0v) is 21.1. The van der Waals surface area contributed by atoms with Gasteiger partial charge in [0.15, 0.2) is 0 Å². The number of carbonyl (C=O) groups excluding carboxylic acids is 2. The van der Waals surface area contributed by atoms with Gasteiger partial charge < -0.3 is 5.11 Å². The molecular weight excluding hydrogens is 479 g/mol. The van der Waals surface area contributed by atoms with Gasteiger partial charge in [0.05, 0.1) is 0 Å². The van der Waals surface area contributed by atoms with Crippen molar-refractivity contribution >= 4 is 42.4 Å². The van der Waals surface area contributed by atoms with E-state index in [9.17, 15) is 14.4 Å². The molecule has 0 saturated heterocycles. The van der Waals surface area contributed by atoms with Crippen LogP contribution >= 0.6 is 0 Å². The van der Waals surface area contributed by atoms with E-state index in [2.05, 4.69) is 5.32 Å². The molecule has 3 aromatic rings. The van der Waals surface area contributed by atoms with E-state index in [1.807, 2.05) is 68.4 Å². The van der Waals surface area contributed by atoms with E-state index in [1.54, 1.807) is 12.1 Å². The van der Waals surface area contributed by atoms with Gasteiger partial charge in [0.25, 0.3) is 0 Å². The van der Waals surface area contributed by atoms with Gasteiger partial charge in [-0.2, -0.15) is 0 Å².